The normalized spacial score (nSPS) is 22.6. The van der Waals surface area contributed by atoms with Crippen LogP contribution in [0.4, 0.5) is 0 Å². The molecule has 1 aliphatic carbocycles. The van der Waals surface area contributed by atoms with Gasteiger partial charge in [0.1, 0.15) is 17.7 Å². The fourth-order valence-corrected chi connectivity index (χ4v) is 2.82. The van der Waals surface area contributed by atoms with Crippen molar-refractivity contribution >= 4 is 17.7 Å². The van der Waals surface area contributed by atoms with Crippen LogP contribution in [-0.2, 0) is 4.79 Å². The molecule has 0 radical (unpaired) electrons. The third-order valence-electron chi connectivity index (χ3n) is 4.53. The highest BCUT2D eigenvalue weighted by Crippen LogP contribution is 2.33. The second-order valence-corrected chi connectivity index (χ2v) is 6.54. The average molecular weight is 323 g/mol. The van der Waals surface area contributed by atoms with Crippen molar-refractivity contribution in [2.75, 3.05) is 0 Å². The first-order valence-corrected chi connectivity index (χ1v) is 8.10. The summed E-state index contributed by atoms with van der Waals surface area (Å²) in [4.78, 5) is 17.4. The number of carbonyl (C=O) groups excluding carboxylic acids is 1. The molecular formula is C19H21N3O2. The standard InChI is InChI=1S/C19H21N3O2/c1-19(8-6-14(23)7-9-19)10-11-22-13-16(21-12-18(22)20)15-4-2-3-5-17(15)24/h2-5,12-13,18,24H,6-9,20H2,1H3. The number of benzene rings is 1. The average Bonchev–Trinajstić information content (AvgIpc) is 2.58. The third kappa shape index (κ3) is 3.50. The number of hydrogen-bond donors (Lipinski definition) is 2. The largest absolute Gasteiger partial charge is 0.507 e. The first kappa shape index (κ1) is 16.3. The van der Waals surface area contributed by atoms with Crippen LogP contribution >= 0.6 is 0 Å². The van der Waals surface area contributed by atoms with Gasteiger partial charge in [0.15, 0.2) is 0 Å². The SMILES string of the molecule is CC1(C#CN2C=C(c3ccccc3O)N=CC2N)CCC(=O)CC1. The Morgan fingerprint density at radius 1 is 1.33 bits per heavy atom. The quantitative estimate of drug-likeness (QED) is 0.778. The van der Waals surface area contributed by atoms with Crippen LogP contribution in [-0.4, -0.2) is 28.2 Å². The van der Waals surface area contributed by atoms with Crippen molar-refractivity contribution < 1.29 is 9.90 Å². The van der Waals surface area contributed by atoms with Gasteiger partial charge in [-0.25, -0.2) is 0 Å². The zero-order chi connectivity index (χ0) is 17.2. The lowest BCUT2D eigenvalue weighted by Gasteiger charge is -2.28. The number of aromatic hydroxyl groups is 1. The summed E-state index contributed by atoms with van der Waals surface area (Å²) in [6.45, 7) is 2.09. The number of ketones is 1. The van der Waals surface area contributed by atoms with Crippen LogP contribution < -0.4 is 5.73 Å². The number of rotatable bonds is 1. The Labute approximate surface area is 141 Å². The molecule has 1 saturated carbocycles. The van der Waals surface area contributed by atoms with Crippen molar-refractivity contribution in [2.24, 2.45) is 16.1 Å². The van der Waals surface area contributed by atoms with Gasteiger partial charge in [0.25, 0.3) is 0 Å². The van der Waals surface area contributed by atoms with Crippen molar-refractivity contribution in [2.45, 2.75) is 38.8 Å². The van der Waals surface area contributed by atoms with Gasteiger partial charge < -0.3 is 10.8 Å². The Kier molecular flexibility index (Phi) is 4.41. The van der Waals surface area contributed by atoms with Gasteiger partial charge in [-0.2, -0.15) is 0 Å². The molecule has 1 aliphatic heterocycles. The summed E-state index contributed by atoms with van der Waals surface area (Å²) in [7, 11) is 0. The number of aliphatic imine (C=N–C) groups is 1. The van der Waals surface area contributed by atoms with E-state index in [2.05, 4.69) is 23.9 Å². The molecule has 0 spiro atoms. The Bertz CT molecular complexity index is 760. The summed E-state index contributed by atoms with van der Waals surface area (Å²) in [5.41, 5.74) is 7.15. The number of nitrogens with two attached hydrogens (primary N) is 1. The number of carbonyl (C=O) groups is 1. The molecule has 5 heteroatoms. The monoisotopic (exact) mass is 323 g/mol. The molecular weight excluding hydrogens is 302 g/mol. The number of Topliss-reactive ketones (excluding diaryl/α,β-unsaturated/α-hetero) is 1. The van der Waals surface area contributed by atoms with Crippen LogP contribution in [0.1, 0.15) is 38.2 Å². The lowest BCUT2D eigenvalue weighted by Crippen LogP contribution is -2.39. The van der Waals surface area contributed by atoms with Gasteiger partial charge in [0.05, 0.1) is 5.70 Å². The smallest absolute Gasteiger partial charge is 0.133 e. The van der Waals surface area contributed by atoms with E-state index in [1.807, 2.05) is 6.07 Å². The first-order valence-electron chi connectivity index (χ1n) is 8.10. The molecule has 0 aromatic heterocycles. The highest BCUT2D eigenvalue weighted by atomic mass is 16.3. The third-order valence-corrected chi connectivity index (χ3v) is 4.53. The van der Waals surface area contributed by atoms with Crippen LogP contribution in [0.15, 0.2) is 35.5 Å². The van der Waals surface area contributed by atoms with E-state index in [1.165, 1.54) is 0 Å². The Hall–Kier alpha value is -2.58. The molecule has 2 aliphatic rings. The van der Waals surface area contributed by atoms with Gasteiger partial charge >= 0.3 is 0 Å². The molecule has 24 heavy (non-hydrogen) atoms. The van der Waals surface area contributed by atoms with Crippen LogP contribution in [0.5, 0.6) is 5.75 Å². The summed E-state index contributed by atoms with van der Waals surface area (Å²) in [6.07, 6.45) is 5.70. The van der Waals surface area contributed by atoms with E-state index in [0.29, 0.717) is 29.9 Å². The topological polar surface area (TPSA) is 78.9 Å². The minimum atomic E-state index is -0.430. The number of phenolic OH excluding ortho intramolecular Hbond substituents is 1. The summed E-state index contributed by atoms with van der Waals surface area (Å²) in [5, 5.41) is 9.98. The van der Waals surface area contributed by atoms with E-state index in [1.54, 1.807) is 35.5 Å². The summed E-state index contributed by atoms with van der Waals surface area (Å²) in [6, 6.07) is 10.1. The van der Waals surface area contributed by atoms with Crippen LogP contribution in [0.3, 0.4) is 0 Å². The number of phenols is 1. The number of para-hydroxylation sites is 1. The molecule has 124 valence electrons. The van der Waals surface area contributed by atoms with Crippen LogP contribution in [0.25, 0.3) is 5.70 Å². The van der Waals surface area contributed by atoms with Crippen LogP contribution in [0.2, 0.25) is 0 Å². The van der Waals surface area contributed by atoms with E-state index in [0.717, 1.165) is 12.8 Å². The maximum absolute atomic E-state index is 11.4. The molecule has 1 heterocycles. The van der Waals surface area contributed by atoms with Gasteiger partial charge in [-0.3, -0.25) is 14.7 Å². The molecule has 3 N–H and O–H groups in total. The predicted molar refractivity (Wildman–Crippen MR) is 93.7 cm³/mol. The van der Waals surface area contributed by atoms with Gasteiger partial charge in [0, 0.05) is 42.3 Å². The molecule has 1 fully saturated rings. The van der Waals surface area contributed by atoms with Crippen molar-refractivity contribution in [3.8, 4) is 17.7 Å². The van der Waals surface area contributed by atoms with Crippen LogP contribution in [0, 0.1) is 17.4 Å². The molecule has 1 aromatic rings. The molecule has 0 saturated heterocycles. The lowest BCUT2D eigenvalue weighted by atomic mass is 9.76. The second kappa shape index (κ2) is 6.50. The zero-order valence-electron chi connectivity index (χ0n) is 13.7. The van der Waals surface area contributed by atoms with E-state index in [4.69, 9.17) is 5.73 Å². The molecule has 0 amide bonds. The summed E-state index contributed by atoms with van der Waals surface area (Å²) >= 11 is 0. The molecule has 5 nitrogen and oxygen atoms in total. The predicted octanol–water partition coefficient (Wildman–Crippen LogP) is 2.47. The summed E-state index contributed by atoms with van der Waals surface area (Å²) < 4.78 is 0. The molecule has 0 bridgehead atoms. The van der Waals surface area contributed by atoms with Gasteiger partial charge in [-0.15, -0.1) is 0 Å². The van der Waals surface area contributed by atoms with Crippen molar-refractivity contribution in [1.82, 2.24) is 4.90 Å². The highest BCUT2D eigenvalue weighted by Gasteiger charge is 2.28. The molecule has 3 rings (SSSR count). The van der Waals surface area contributed by atoms with Gasteiger partial charge in [-0.1, -0.05) is 18.1 Å². The minimum absolute atomic E-state index is 0.162. The van der Waals surface area contributed by atoms with Crippen molar-refractivity contribution in [3.63, 3.8) is 0 Å². The Morgan fingerprint density at radius 2 is 2.04 bits per heavy atom. The fraction of sp³-hybridized carbons (Fsp3) is 0.368. The van der Waals surface area contributed by atoms with E-state index < -0.39 is 6.17 Å². The first-order chi connectivity index (χ1) is 11.5. The van der Waals surface area contributed by atoms with E-state index in [-0.39, 0.29) is 11.2 Å². The van der Waals surface area contributed by atoms with E-state index >= 15 is 0 Å². The zero-order valence-corrected chi connectivity index (χ0v) is 13.7. The highest BCUT2D eigenvalue weighted by molar-refractivity contribution is 5.81. The lowest BCUT2D eigenvalue weighted by molar-refractivity contribution is -0.121. The fourth-order valence-electron chi connectivity index (χ4n) is 2.82. The maximum Gasteiger partial charge on any atom is 0.133 e. The molecule has 1 atom stereocenters. The Morgan fingerprint density at radius 3 is 2.75 bits per heavy atom. The van der Waals surface area contributed by atoms with Crippen molar-refractivity contribution in [1.29, 1.82) is 0 Å². The second-order valence-electron chi connectivity index (χ2n) is 6.54. The number of nitrogens with zero attached hydrogens (tertiary/aromatic N) is 2. The minimum Gasteiger partial charge on any atom is -0.507 e. The van der Waals surface area contributed by atoms with E-state index in [9.17, 15) is 9.90 Å². The molecule has 1 aromatic carbocycles. The van der Waals surface area contributed by atoms with Gasteiger partial charge in [0.2, 0.25) is 0 Å². The summed E-state index contributed by atoms with van der Waals surface area (Å²) in [5.74, 6) is 3.77. The van der Waals surface area contributed by atoms with Crippen molar-refractivity contribution in [3.05, 3.63) is 36.0 Å². The Balaban J connectivity index is 1.83. The maximum atomic E-state index is 11.4. The number of hydrogen-bond acceptors (Lipinski definition) is 5. The molecule has 1 unspecified atom stereocenters. The van der Waals surface area contributed by atoms with Gasteiger partial charge in [-0.05, 0) is 31.9 Å².